The molecule has 0 radical (unpaired) electrons. The fourth-order valence-electron chi connectivity index (χ4n) is 1.50. The number of ether oxygens (including phenoxy) is 1. The van der Waals surface area contributed by atoms with Crippen molar-refractivity contribution in [3.63, 3.8) is 0 Å². The van der Waals surface area contributed by atoms with Crippen molar-refractivity contribution in [2.24, 2.45) is 5.73 Å². The Morgan fingerprint density at radius 2 is 2.06 bits per heavy atom. The molecule has 5 heteroatoms. The number of rotatable bonds is 4. The topological polar surface area (TPSA) is 35.2 Å². The van der Waals surface area contributed by atoms with Gasteiger partial charge in [0.25, 0.3) is 0 Å². The van der Waals surface area contributed by atoms with Gasteiger partial charge in [-0.2, -0.15) is 0 Å². The van der Waals surface area contributed by atoms with Gasteiger partial charge in [-0.15, -0.1) is 11.3 Å². The summed E-state index contributed by atoms with van der Waals surface area (Å²) in [4.78, 5) is 1.06. The highest BCUT2D eigenvalue weighted by atomic mass is 35.5. The first-order chi connectivity index (χ1) is 8.56. The van der Waals surface area contributed by atoms with Gasteiger partial charge in [-0.1, -0.05) is 29.3 Å². The van der Waals surface area contributed by atoms with E-state index in [0.717, 1.165) is 14.8 Å². The maximum atomic E-state index is 6.14. The van der Waals surface area contributed by atoms with E-state index < -0.39 is 0 Å². The molecule has 1 heterocycles. The molecule has 0 fully saturated rings. The van der Waals surface area contributed by atoms with Crippen LogP contribution < -0.4 is 10.5 Å². The molecule has 96 valence electrons. The van der Waals surface area contributed by atoms with Gasteiger partial charge in [-0.3, -0.25) is 0 Å². The molecule has 2 nitrogen and oxygen atoms in total. The Morgan fingerprint density at radius 3 is 2.61 bits per heavy atom. The summed E-state index contributed by atoms with van der Waals surface area (Å²) in [6, 6.07) is 9.36. The Balaban J connectivity index is 2.05. The maximum Gasteiger partial charge on any atom is 0.138 e. The lowest BCUT2D eigenvalue weighted by atomic mass is 10.1. The molecule has 1 aromatic carbocycles. The monoisotopic (exact) mass is 301 g/mol. The van der Waals surface area contributed by atoms with Crippen molar-refractivity contribution >= 4 is 34.5 Å². The zero-order chi connectivity index (χ0) is 13.1. The van der Waals surface area contributed by atoms with Gasteiger partial charge >= 0.3 is 0 Å². The molecule has 0 aliphatic rings. The lowest BCUT2D eigenvalue weighted by Crippen LogP contribution is -2.05. The van der Waals surface area contributed by atoms with Crippen molar-refractivity contribution in [2.75, 3.05) is 0 Å². The third-order valence-corrected chi connectivity index (χ3v) is 3.98. The van der Waals surface area contributed by atoms with E-state index in [4.69, 9.17) is 33.7 Å². The molecule has 1 atom stereocenters. The van der Waals surface area contributed by atoms with Crippen molar-refractivity contribution in [3.8, 4) is 5.75 Å². The van der Waals surface area contributed by atoms with Crippen LogP contribution in [-0.4, -0.2) is 0 Å². The van der Waals surface area contributed by atoms with E-state index in [1.54, 1.807) is 0 Å². The summed E-state index contributed by atoms with van der Waals surface area (Å²) in [6.07, 6.45) is 0. The largest absolute Gasteiger partial charge is 0.487 e. The molecule has 0 saturated carbocycles. The molecular weight excluding hydrogens is 289 g/mol. The van der Waals surface area contributed by atoms with Gasteiger partial charge in [-0.05, 0) is 36.8 Å². The second-order valence-corrected chi connectivity index (χ2v) is 6.18. The Morgan fingerprint density at radius 1 is 1.28 bits per heavy atom. The number of benzene rings is 1. The van der Waals surface area contributed by atoms with Gasteiger partial charge in [0.2, 0.25) is 0 Å². The average molecular weight is 302 g/mol. The molecule has 0 unspecified atom stereocenters. The number of thiophene rings is 1. The molecule has 0 amide bonds. The van der Waals surface area contributed by atoms with Crippen LogP contribution in [0.3, 0.4) is 0 Å². The number of nitrogens with two attached hydrogens (primary N) is 1. The zero-order valence-electron chi connectivity index (χ0n) is 9.82. The fourth-order valence-corrected chi connectivity index (χ4v) is 2.74. The number of hydrogen-bond donors (Lipinski definition) is 1. The molecule has 2 N–H and O–H groups in total. The van der Waals surface area contributed by atoms with Crippen molar-refractivity contribution in [3.05, 3.63) is 50.1 Å². The fraction of sp³-hybridized carbons (Fsp3) is 0.231. The van der Waals surface area contributed by atoms with Gasteiger partial charge < -0.3 is 10.5 Å². The Kier molecular flexibility index (Phi) is 4.51. The van der Waals surface area contributed by atoms with Crippen LogP contribution in [0.5, 0.6) is 5.75 Å². The van der Waals surface area contributed by atoms with Crippen LogP contribution >= 0.6 is 34.5 Å². The number of halogens is 2. The molecule has 1 aromatic heterocycles. The van der Waals surface area contributed by atoms with Gasteiger partial charge in [-0.25, -0.2) is 0 Å². The van der Waals surface area contributed by atoms with E-state index in [1.807, 2.05) is 37.3 Å². The van der Waals surface area contributed by atoms with Crippen molar-refractivity contribution in [2.45, 2.75) is 19.6 Å². The second kappa shape index (κ2) is 5.93. The zero-order valence-corrected chi connectivity index (χ0v) is 12.1. The quantitative estimate of drug-likeness (QED) is 0.892. The van der Waals surface area contributed by atoms with Gasteiger partial charge in [0.15, 0.2) is 0 Å². The van der Waals surface area contributed by atoms with Crippen LogP contribution in [0.25, 0.3) is 0 Å². The normalized spacial score (nSPS) is 12.4. The van der Waals surface area contributed by atoms with E-state index in [9.17, 15) is 0 Å². The molecule has 2 rings (SSSR count). The van der Waals surface area contributed by atoms with E-state index in [1.165, 1.54) is 11.3 Å². The Labute approximate surface area is 120 Å². The lowest BCUT2D eigenvalue weighted by molar-refractivity contribution is 0.310. The van der Waals surface area contributed by atoms with Crippen molar-refractivity contribution in [1.82, 2.24) is 0 Å². The molecule has 0 aliphatic carbocycles. The minimum Gasteiger partial charge on any atom is -0.487 e. The maximum absolute atomic E-state index is 6.14. The molecule has 18 heavy (non-hydrogen) atoms. The Hall–Kier alpha value is -0.740. The van der Waals surface area contributed by atoms with E-state index in [2.05, 4.69) is 0 Å². The molecule has 0 bridgehead atoms. The standard InChI is InChI=1S/C13H13Cl2NOS/c1-8(16)9-2-4-12(11(14)6-9)17-7-10-3-5-13(15)18-10/h2-6,8H,7,16H2,1H3/t8-/m0/s1. The minimum atomic E-state index is -0.0346. The highest BCUT2D eigenvalue weighted by Crippen LogP contribution is 2.29. The summed E-state index contributed by atoms with van der Waals surface area (Å²) in [5.74, 6) is 0.658. The van der Waals surface area contributed by atoms with Crippen LogP contribution in [0.4, 0.5) is 0 Å². The van der Waals surface area contributed by atoms with Crippen molar-refractivity contribution in [1.29, 1.82) is 0 Å². The van der Waals surface area contributed by atoms with Crippen LogP contribution in [-0.2, 0) is 6.61 Å². The summed E-state index contributed by atoms with van der Waals surface area (Å²) >= 11 is 13.5. The predicted molar refractivity (Wildman–Crippen MR) is 77.7 cm³/mol. The lowest BCUT2D eigenvalue weighted by Gasteiger charge is -2.10. The van der Waals surface area contributed by atoms with E-state index in [0.29, 0.717) is 17.4 Å². The third kappa shape index (κ3) is 3.39. The van der Waals surface area contributed by atoms with Crippen LogP contribution in [0, 0.1) is 0 Å². The summed E-state index contributed by atoms with van der Waals surface area (Å²) < 4.78 is 6.41. The summed E-state index contributed by atoms with van der Waals surface area (Å²) in [7, 11) is 0. The average Bonchev–Trinajstić information content (AvgIpc) is 2.73. The molecular formula is C13H13Cl2NOS. The molecule has 2 aromatic rings. The van der Waals surface area contributed by atoms with Crippen LogP contribution in [0.1, 0.15) is 23.4 Å². The Bertz CT molecular complexity index is 540. The highest BCUT2D eigenvalue weighted by molar-refractivity contribution is 7.16. The molecule has 0 aliphatic heterocycles. The SMILES string of the molecule is C[C@H](N)c1ccc(OCc2ccc(Cl)s2)c(Cl)c1. The second-order valence-electron chi connectivity index (χ2n) is 3.97. The molecule has 0 spiro atoms. The first-order valence-corrected chi connectivity index (χ1v) is 7.05. The number of hydrogen-bond acceptors (Lipinski definition) is 3. The smallest absolute Gasteiger partial charge is 0.138 e. The predicted octanol–water partition coefficient (Wildman–Crippen LogP) is 4.65. The first kappa shape index (κ1) is 13.7. The van der Waals surface area contributed by atoms with Gasteiger partial charge in [0.1, 0.15) is 12.4 Å². The summed E-state index contributed by atoms with van der Waals surface area (Å²) in [6.45, 7) is 2.38. The van der Waals surface area contributed by atoms with Crippen LogP contribution in [0.2, 0.25) is 9.36 Å². The first-order valence-electron chi connectivity index (χ1n) is 5.48. The van der Waals surface area contributed by atoms with E-state index in [-0.39, 0.29) is 6.04 Å². The van der Waals surface area contributed by atoms with Gasteiger partial charge in [0.05, 0.1) is 9.36 Å². The third-order valence-electron chi connectivity index (χ3n) is 2.48. The van der Waals surface area contributed by atoms with Crippen LogP contribution in [0.15, 0.2) is 30.3 Å². The molecule has 0 saturated heterocycles. The summed E-state index contributed by atoms with van der Waals surface area (Å²) in [5, 5.41) is 0.576. The minimum absolute atomic E-state index is 0.0346. The van der Waals surface area contributed by atoms with Crippen molar-refractivity contribution < 1.29 is 4.74 Å². The van der Waals surface area contributed by atoms with E-state index >= 15 is 0 Å². The summed E-state index contributed by atoms with van der Waals surface area (Å²) in [5.41, 5.74) is 6.78. The highest BCUT2D eigenvalue weighted by Gasteiger charge is 2.07. The van der Waals surface area contributed by atoms with Gasteiger partial charge in [0, 0.05) is 10.9 Å².